The van der Waals surface area contributed by atoms with Crippen molar-refractivity contribution in [2.45, 2.75) is 31.8 Å². The molecule has 0 aliphatic carbocycles. The van der Waals surface area contributed by atoms with Crippen molar-refractivity contribution in [2.75, 3.05) is 20.3 Å². The van der Waals surface area contributed by atoms with Gasteiger partial charge in [-0.25, -0.2) is 0 Å². The summed E-state index contributed by atoms with van der Waals surface area (Å²) in [6, 6.07) is 3.24. The average Bonchev–Trinajstić information content (AvgIpc) is 3.09. The predicted molar refractivity (Wildman–Crippen MR) is 77.9 cm³/mol. The van der Waals surface area contributed by atoms with Gasteiger partial charge in [0, 0.05) is 19.7 Å². The minimum absolute atomic E-state index is 0.0444. The molecule has 2 unspecified atom stereocenters. The van der Waals surface area contributed by atoms with Crippen LogP contribution in [0.15, 0.2) is 17.5 Å². The van der Waals surface area contributed by atoms with Crippen molar-refractivity contribution in [3.8, 4) is 0 Å². The molecule has 1 aliphatic heterocycles. The Balaban J connectivity index is 2.00. The molecule has 0 saturated carbocycles. The van der Waals surface area contributed by atoms with E-state index in [0.29, 0.717) is 18.0 Å². The van der Waals surface area contributed by atoms with E-state index in [9.17, 15) is 9.59 Å². The third-order valence-electron chi connectivity index (χ3n) is 3.35. The quantitative estimate of drug-likeness (QED) is 0.896. The molecule has 1 aromatic heterocycles. The smallest absolute Gasteiger partial charge is 0.264 e. The molecule has 2 atom stereocenters. The monoisotopic (exact) mass is 296 g/mol. The molecular weight excluding hydrogens is 276 g/mol. The molecule has 5 nitrogen and oxygen atoms in total. The molecule has 110 valence electrons. The molecule has 20 heavy (non-hydrogen) atoms. The van der Waals surface area contributed by atoms with Gasteiger partial charge in [-0.2, -0.15) is 0 Å². The van der Waals surface area contributed by atoms with Crippen LogP contribution >= 0.6 is 11.3 Å². The van der Waals surface area contributed by atoms with E-state index in [0.717, 1.165) is 12.8 Å². The Morgan fingerprint density at radius 3 is 3.05 bits per heavy atom. The molecule has 2 heterocycles. The van der Waals surface area contributed by atoms with Crippen LogP contribution in [-0.2, 0) is 9.53 Å². The van der Waals surface area contributed by atoms with Gasteiger partial charge in [-0.15, -0.1) is 11.3 Å². The lowest BCUT2D eigenvalue weighted by Gasteiger charge is -2.25. The van der Waals surface area contributed by atoms with Crippen LogP contribution in [-0.4, -0.2) is 49.1 Å². The highest BCUT2D eigenvalue weighted by Gasteiger charge is 2.35. The summed E-state index contributed by atoms with van der Waals surface area (Å²) in [7, 11) is 1.60. The lowest BCUT2D eigenvalue weighted by molar-refractivity contribution is -0.125. The molecule has 2 rings (SSSR count). The van der Waals surface area contributed by atoms with Gasteiger partial charge in [0.15, 0.2) is 0 Å². The number of carbonyl (C=O) groups is 2. The van der Waals surface area contributed by atoms with E-state index in [1.54, 1.807) is 18.1 Å². The maximum absolute atomic E-state index is 12.4. The first-order chi connectivity index (χ1) is 9.63. The molecule has 0 spiro atoms. The second-order valence-electron chi connectivity index (χ2n) is 5.00. The van der Waals surface area contributed by atoms with Gasteiger partial charge in [0.25, 0.3) is 5.91 Å². The van der Waals surface area contributed by atoms with Crippen LogP contribution in [0.4, 0.5) is 0 Å². The first kappa shape index (κ1) is 15.0. The van der Waals surface area contributed by atoms with Gasteiger partial charge in [-0.05, 0) is 31.2 Å². The third-order valence-corrected chi connectivity index (χ3v) is 4.21. The van der Waals surface area contributed by atoms with Gasteiger partial charge >= 0.3 is 0 Å². The first-order valence-corrected chi connectivity index (χ1v) is 7.65. The number of thiophene rings is 1. The molecule has 2 amide bonds. The molecule has 1 N–H and O–H groups in total. The van der Waals surface area contributed by atoms with Crippen molar-refractivity contribution in [3.05, 3.63) is 22.4 Å². The van der Waals surface area contributed by atoms with Gasteiger partial charge in [-0.1, -0.05) is 6.07 Å². The second kappa shape index (κ2) is 6.85. The lowest BCUT2D eigenvalue weighted by atomic mass is 10.2. The number of hydrogen-bond acceptors (Lipinski definition) is 4. The highest BCUT2D eigenvalue weighted by atomic mass is 32.1. The van der Waals surface area contributed by atoms with Crippen molar-refractivity contribution in [2.24, 2.45) is 0 Å². The van der Waals surface area contributed by atoms with Crippen LogP contribution in [0.5, 0.6) is 0 Å². The third kappa shape index (κ3) is 3.37. The van der Waals surface area contributed by atoms with E-state index in [-0.39, 0.29) is 23.9 Å². The average molecular weight is 296 g/mol. The summed E-state index contributed by atoms with van der Waals surface area (Å²) < 4.78 is 5.01. The van der Waals surface area contributed by atoms with Crippen LogP contribution in [0, 0.1) is 0 Å². The number of likely N-dealkylation sites (tertiary alicyclic amines) is 1. The lowest BCUT2D eigenvalue weighted by Crippen LogP contribution is -2.49. The van der Waals surface area contributed by atoms with Gasteiger partial charge in [0.05, 0.1) is 11.5 Å². The van der Waals surface area contributed by atoms with Crippen molar-refractivity contribution < 1.29 is 14.3 Å². The summed E-state index contributed by atoms with van der Waals surface area (Å²) in [6.45, 7) is 3.01. The Kier molecular flexibility index (Phi) is 5.14. The highest BCUT2D eigenvalue weighted by molar-refractivity contribution is 7.12. The Morgan fingerprint density at radius 2 is 2.40 bits per heavy atom. The van der Waals surface area contributed by atoms with Crippen LogP contribution in [0.25, 0.3) is 0 Å². The van der Waals surface area contributed by atoms with E-state index >= 15 is 0 Å². The topological polar surface area (TPSA) is 58.6 Å². The minimum Gasteiger partial charge on any atom is -0.383 e. The Morgan fingerprint density at radius 1 is 1.60 bits per heavy atom. The Bertz CT molecular complexity index is 461. The molecule has 0 aromatic carbocycles. The van der Waals surface area contributed by atoms with Crippen LogP contribution in [0.2, 0.25) is 0 Å². The summed E-state index contributed by atoms with van der Waals surface area (Å²) in [6.07, 6.45) is 1.59. The molecule has 0 bridgehead atoms. The number of amides is 2. The van der Waals surface area contributed by atoms with Gasteiger partial charge in [-0.3, -0.25) is 9.59 Å². The normalized spacial score (nSPS) is 19.9. The summed E-state index contributed by atoms with van der Waals surface area (Å²) >= 11 is 1.41. The standard InChI is InChI=1S/C14H20N2O3S/c1-10(9-19-2)15-13(17)11-5-3-7-16(11)14(18)12-6-4-8-20-12/h4,6,8,10-11H,3,5,7,9H2,1-2H3,(H,15,17). The predicted octanol–water partition coefficient (Wildman–Crippen LogP) is 1.50. The molecule has 1 fully saturated rings. The van der Waals surface area contributed by atoms with Crippen molar-refractivity contribution in [3.63, 3.8) is 0 Å². The molecule has 0 radical (unpaired) electrons. The van der Waals surface area contributed by atoms with Gasteiger partial charge in [0.1, 0.15) is 6.04 Å². The highest BCUT2D eigenvalue weighted by Crippen LogP contribution is 2.22. The summed E-state index contributed by atoms with van der Waals surface area (Å²) in [5.74, 6) is -0.131. The van der Waals surface area contributed by atoms with E-state index in [4.69, 9.17) is 4.74 Å². The molecule has 1 aliphatic rings. The number of carbonyl (C=O) groups excluding carboxylic acids is 2. The molecule has 6 heteroatoms. The summed E-state index contributed by atoms with van der Waals surface area (Å²) in [5, 5.41) is 4.77. The van der Waals surface area contributed by atoms with Crippen LogP contribution in [0.3, 0.4) is 0 Å². The van der Waals surface area contributed by atoms with E-state index in [1.165, 1.54) is 11.3 Å². The number of nitrogens with one attached hydrogen (secondary N) is 1. The Labute approximate surface area is 122 Å². The zero-order valence-corrected chi connectivity index (χ0v) is 12.6. The SMILES string of the molecule is COCC(C)NC(=O)C1CCCN1C(=O)c1cccs1. The van der Waals surface area contributed by atoms with Gasteiger partial charge < -0.3 is 15.0 Å². The number of ether oxygens (including phenoxy) is 1. The number of rotatable bonds is 5. The zero-order valence-electron chi connectivity index (χ0n) is 11.8. The Hall–Kier alpha value is -1.40. The fourth-order valence-corrected chi connectivity index (χ4v) is 3.13. The molecular formula is C14H20N2O3S. The van der Waals surface area contributed by atoms with E-state index in [1.807, 2.05) is 18.4 Å². The minimum atomic E-state index is -0.357. The fourth-order valence-electron chi connectivity index (χ4n) is 2.45. The maximum atomic E-state index is 12.4. The summed E-state index contributed by atoms with van der Waals surface area (Å²) in [4.78, 5) is 27.0. The fraction of sp³-hybridized carbons (Fsp3) is 0.571. The summed E-state index contributed by atoms with van der Waals surface area (Å²) in [5.41, 5.74) is 0. The molecule has 1 saturated heterocycles. The number of nitrogens with zero attached hydrogens (tertiary/aromatic N) is 1. The maximum Gasteiger partial charge on any atom is 0.264 e. The number of hydrogen-bond donors (Lipinski definition) is 1. The zero-order chi connectivity index (χ0) is 14.5. The van der Waals surface area contributed by atoms with E-state index < -0.39 is 0 Å². The van der Waals surface area contributed by atoms with E-state index in [2.05, 4.69) is 5.32 Å². The largest absolute Gasteiger partial charge is 0.383 e. The second-order valence-corrected chi connectivity index (χ2v) is 5.95. The van der Waals surface area contributed by atoms with Gasteiger partial charge in [0.2, 0.25) is 5.91 Å². The van der Waals surface area contributed by atoms with Crippen molar-refractivity contribution >= 4 is 23.2 Å². The first-order valence-electron chi connectivity index (χ1n) is 6.77. The number of methoxy groups -OCH3 is 1. The van der Waals surface area contributed by atoms with Crippen molar-refractivity contribution in [1.82, 2.24) is 10.2 Å². The van der Waals surface area contributed by atoms with Crippen LogP contribution < -0.4 is 5.32 Å². The van der Waals surface area contributed by atoms with Crippen molar-refractivity contribution in [1.29, 1.82) is 0 Å². The molecule has 1 aromatic rings. The van der Waals surface area contributed by atoms with Crippen LogP contribution in [0.1, 0.15) is 29.4 Å².